The van der Waals surface area contributed by atoms with E-state index in [0.29, 0.717) is 29.2 Å². The first kappa shape index (κ1) is 24.3. The Labute approximate surface area is 192 Å². The smallest absolute Gasteiger partial charge is 0.249 e. The molecule has 3 rings (SSSR count). The molecule has 0 aromatic heterocycles. The van der Waals surface area contributed by atoms with Gasteiger partial charge >= 0.3 is 0 Å². The Hall–Kier alpha value is -2.35. The molecule has 32 heavy (non-hydrogen) atoms. The normalized spacial score (nSPS) is 18.0. The van der Waals surface area contributed by atoms with Crippen LogP contribution in [-0.4, -0.2) is 32.0 Å². The number of benzene rings is 2. The van der Waals surface area contributed by atoms with E-state index >= 15 is 0 Å². The van der Waals surface area contributed by atoms with E-state index in [2.05, 4.69) is 5.32 Å². The topological polar surface area (TPSA) is 66.0 Å². The van der Waals surface area contributed by atoms with Crippen LogP contribution in [0.4, 0.5) is 4.39 Å². The summed E-state index contributed by atoms with van der Waals surface area (Å²) in [6.45, 7) is 4.19. The molecule has 0 radical (unpaired) electrons. The summed E-state index contributed by atoms with van der Waals surface area (Å²) in [7, 11) is 1.59. The van der Waals surface area contributed by atoms with Gasteiger partial charge in [0, 0.05) is 12.2 Å². The molecule has 1 saturated heterocycles. The average Bonchev–Trinajstić information content (AvgIpc) is 2.79. The number of methoxy groups -OCH3 is 1. The summed E-state index contributed by atoms with van der Waals surface area (Å²) in [5, 5.41) is 3.11. The molecule has 0 aliphatic carbocycles. The van der Waals surface area contributed by atoms with Crippen LogP contribution in [0, 0.1) is 5.82 Å². The van der Waals surface area contributed by atoms with Crippen LogP contribution in [0.15, 0.2) is 36.4 Å². The van der Waals surface area contributed by atoms with Gasteiger partial charge < -0.3 is 24.3 Å². The fourth-order valence-electron chi connectivity index (χ4n) is 3.51. The summed E-state index contributed by atoms with van der Waals surface area (Å²) in [5.41, 5.74) is 1.14. The van der Waals surface area contributed by atoms with Gasteiger partial charge in [-0.25, -0.2) is 4.39 Å². The van der Waals surface area contributed by atoms with Crippen molar-refractivity contribution in [2.45, 2.75) is 58.2 Å². The van der Waals surface area contributed by atoms with Crippen molar-refractivity contribution in [3.8, 4) is 11.5 Å². The second-order valence-electron chi connectivity index (χ2n) is 7.72. The molecule has 1 N–H and O–H groups in total. The van der Waals surface area contributed by atoms with Crippen molar-refractivity contribution in [1.82, 2.24) is 5.32 Å². The van der Waals surface area contributed by atoms with Crippen LogP contribution >= 0.6 is 11.6 Å². The lowest BCUT2D eigenvalue weighted by molar-refractivity contribution is -0.189. The van der Waals surface area contributed by atoms with Crippen molar-refractivity contribution >= 4 is 17.5 Å². The number of hydrogen-bond donors (Lipinski definition) is 1. The van der Waals surface area contributed by atoms with Gasteiger partial charge in [-0.05, 0) is 75.1 Å². The maximum atomic E-state index is 14.1. The van der Waals surface area contributed by atoms with Gasteiger partial charge in [0.05, 0.1) is 18.2 Å². The number of hydrogen-bond acceptors (Lipinski definition) is 5. The van der Waals surface area contributed by atoms with Gasteiger partial charge in [0.25, 0.3) is 0 Å². The fraction of sp³-hybridized carbons (Fsp3) is 0.458. The lowest BCUT2D eigenvalue weighted by atomic mass is 10.0. The molecule has 1 fully saturated rings. The molecule has 6 nitrogen and oxygen atoms in total. The van der Waals surface area contributed by atoms with Gasteiger partial charge in [0.2, 0.25) is 5.91 Å². The quantitative estimate of drug-likeness (QED) is 0.553. The number of nitrogens with one attached hydrogen (secondary N) is 1. The summed E-state index contributed by atoms with van der Waals surface area (Å²) in [4.78, 5) is 12.7. The molecule has 8 heteroatoms. The highest BCUT2D eigenvalue weighted by Gasteiger charge is 2.24. The molecular weight excluding hydrogens is 437 g/mol. The monoisotopic (exact) mass is 465 g/mol. The summed E-state index contributed by atoms with van der Waals surface area (Å²) >= 11 is 6.33. The Kier molecular flexibility index (Phi) is 8.73. The number of rotatable bonds is 9. The maximum absolute atomic E-state index is 14.1. The molecule has 1 amide bonds. The minimum atomic E-state index is -0.705. The molecule has 1 aliphatic heterocycles. The summed E-state index contributed by atoms with van der Waals surface area (Å²) in [5.74, 6) is 0.528. The van der Waals surface area contributed by atoms with Crippen molar-refractivity contribution in [3.63, 3.8) is 0 Å². The molecule has 0 spiro atoms. The van der Waals surface area contributed by atoms with E-state index in [4.69, 9.17) is 30.5 Å². The van der Waals surface area contributed by atoms with Crippen molar-refractivity contribution in [3.05, 3.63) is 58.4 Å². The minimum Gasteiger partial charge on any atom is -0.497 e. The van der Waals surface area contributed by atoms with Crippen molar-refractivity contribution in [2.24, 2.45) is 0 Å². The van der Waals surface area contributed by atoms with Crippen LogP contribution in [0.2, 0.25) is 5.02 Å². The Morgan fingerprint density at radius 2 is 1.94 bits per heavy atom. The van der Waals surface area contributed by atoms with E-state index in [1.54, 1.807) is 45.2 Å². The van der Waals surface area contributed by atoms with Crippen molar-refractivity contribution < 1.29 is 28.1 Å². The SMILES string of the molecule is COc1ccc(OCc2c(Cl)cc(F)cc2C(C)NC(=O)C(C)OC2CCCCO2)cc1. The fourth-order valence-corrected chi connectivity index (χ4v) is 3.77. The molecule has 3 atom stereocenters. The lowest BCUT2D eigenvalue weighted by Gasteiger charge is -2.27. The third-order valence-corrected chi connectivity index (χ3v) is 5.66. The molecule has 1 aliphatic rings. The number of carbonyl (C=O) groups is 1. The van der Waals surface area contributed by atoms with E-state index in [9.17, 15) is 9.18 Å². The standard InChI is InChI=1S/C24H29ClFNO5/c1-15(27-24(28)16(2)32-23-6-4-5-11-30-23)20-12-17(26)13-22(25)21(20)14-31-19-9-7-18(29-3)8-10-19/h7-10,12-13,15-16,23H,4-6,11,14H2,1-3H3,(H,27,28). The van der Waals surface area contributed by atoms with Crippen LogP contribution in [0.25, 0.3) is 0 Å². The van der Waals surface area contributed by atoms with E-state index in [1.807, 2.05) is 0 Å². The van der Waals surface area contributed by atoms with Crippen LogP contribution in [0.5, 0.6) is 11.5 Å². The Morgan fingerprint density at radius 3 is 2.59 bits per heavy atom. The second kappa shape index (κ2) is 11.5. The van der Waals surface area contributed by atoms with Gasteiger partial charge in [-0.3, -0.25) is 4.79 Å². The minimum absolute atomic E-state index is 0.114. The third kappa shape index (κ3) is 6.58. The molecule has 2 aromatic carbocycles. The number of carbonyl (C=O) groups excluding carboxylic acids is 1. The van der Waals surface area contributed by atoms with Gasteiger partial charge in [-0.2, -0.15) is 0 Å². The zero-order chi connectivity index (χ0) is 23.1. The predicted octanol–water partition coefficient (Wildman–Crippen LogP) is 5.18. The van der Waals surface area contributed by atoms with Crippen molar-refractivity contribution in [1.29, 1.82) is 0 Å². The first-order valence-corrected chi connectivity index (χ1v) is 11.1. The maximum Gasteiger partial charge on any atom is 0.249 e. The lowest BCUT2D eigenvalue weighted by Crippen LogP contribution is -2.39. The Bertz CT molecular complexity index is 902. The summed E-state index contributed by atoms with van der Waals surface area (Å²) in [6, 6.07) is 9.19. The van der Waals surface area contributed by atoms with Gasteiger partial charge in [0.15, 0.2) is 6.29 Å². The first-order chi connectivity index (χ1) is 15.4. The Balaban J connectivity index is 1.67. The van der Waals surface area contributed by atoms with Crippen LogP contribution < -0.4 is 14.8 Å². The Morgan fingerprint density at radius 1 is 1.22 bits per heavy atom. The largest absolute Gasteiger partial charge is 0.497 e. The zero-order valence-corrected chi connectivity index (χ0v) is 19.3. The molecule has 0 bridgehead atoms. The molecular formula is C24H29ClFNO5. The highest BCUT2D eigenvalue weighted by molar-refractivity contribution is 6.31. The summed E-state index contributed by atoms with van der Waals surface area (Å²) in [6.07, 6.45) is 1.69. The van der Waals surface area contributed by atoms with Crippen LogP contribution in [-0.2, 0) is 20.9 Å². The third-order valence-electron chi connectivity index (χ3n) is 5.33. The van der Waals surface area contributed by atoms with E-state index in [-0.39, 0.29) is 23.8 Å². The number of ether oxygens (including phenoxy) is 4. The summed E-state index contributed by atoms with van der Waals surface area (Å²) < 4.78 is 36.4. The van der Waals surface area contributed by atoms with Gasteiger partial charge in [-0.15, -0.1) is 0 Å². The first-order valence-electron chi connectivity index (χ1n) is 10.7. The van der Waals surface area contributed by atoms with Gasteiger partial charge in [-0.1, -0.05) is 11.6 Å². The molecule has 2 aromatic rings. The predicted molar refractivity (Wildman–Crippen MR) is 119 cm³/mol. The highest BCUT2D eigenvalue weighted by Crippen LogP contribution is 2.29. The van der Waals surface area contributed by atoms with E-state index < -0.39 is 18.0 Å². The molecule has 3 unspecified atom stereocenters. The highest BCUT2D eigenvalue weighted by atomic mass is 35.5. The molecule has 174 valence electrons. The molecule has 1 heterocycles. The van der Waals surface area contributed by atoms with Crippen LogP contribution in [0.1, 0.15) is 50.3 Å². The average molecular weight is 466 g/mol. The van der Waals surface area contributed by atoms with E-state index in [0.717, 1.165) is 19.3 Å². The molecule has 0 saturated carbocycles. The van der Waals surface area contributed by atoms with Crippen LogP contribution in [0.3, 0.4) is 0 Å². The zero-order valence-electron chi connectivity index (χ0n) is 18.5. The number of halogens is 2. The van der Waals surface area contributed by atoms with Crippen molar-refractivity contribution in [2.75, 3.05) is 13.7 Å². The second-order valence-corrected chi connectivity index (χ2v) is 8.13. The van der Waals surface area contributed by atoms with E-state index in [1.165, 1.54) is 12.1 Å². The van der Waals surface area contributed by atoms with Gasteiger partial charge in [0.1, 0.15) is 30.0 Å². The number of amides is 1.